The number of carbonyl (C=O) groups is 2. The Labute approximate surface area is 196 Å². The van der Waals surface area contributed by atoms with E-state index in [1.54, 1.807) is 4.90 Å². The molecule has 2 aromatic rings. The fraction of sp³-hybridized carbons (Fsp3) is 0.429. The monoisotopic (exact) mass is 447 g/mol. The molecular formula is C28H33NO4. The number of aryl methyl sites for hydroxylation is 2. The zero-order valence-electron chi connectivity index (χ0n) is 19.8. The van der Waals surface area contributed by atoms with Crippen LogP contribution in [0.15, 0.2) is 48.0 Å². The SMILES string of the molecule is CCCCN1C(=O)C(=O)/C(=C(\O)c2ccc3c(c2)CCCC3)C1c1cccc(OC(C)C)c1. The number of Topliss-reactive ketones (excluding diaryl/α,β-unsaturated/α-hetero) is 1. The molecule has 1 unspecified atom stereocenters. The van der Waals surface area contributed by atoms with Gasteiger partial charge in [-0.1, -0.05) is 37.6 Å². The third kappa shape index (κ3) is 4.68. The van der Waals surface area contributed by atoms with E-state index in [0.717, 1.165) is 37.7 Å². The minimum Gasteiger partial charge on any atom is -0.507 e. The Morgan fingerprint density at radius 1 is 1.09 bits per heavy atom. The molecule has 5 heteroatoms. The molecule has 1 amide bonds. The smallest absolute Gasteiger partial charge is 0.295 e. The molecule has 0 bridgehead atoms. The summed E-state index contributed by atoms with van der Waals surface area (Å²) in [6.07, 6.45) is 6.00. The van der Waals surface area contributed by atoms with Crippen molar-refractivity contribution in [2.75, 3.05) is 6.54 Å². The third-order valence-electron chi connectivity index (χ3n) is 6.46. The number of hydrogen-bond donors (Lipinski definition) is 1. The lowest BCUT2D eigenvalue weighted by Crippen LogP contribution is -2.30. The molecule has 2 aliphatic rings. The van der Waals surface area contributed by atoms with Gasteiger partial charge in [0, 0.05) is 12.1 Å². The first-order valence-corrected chi connectivity index (χ1v) is 12.1. The van der Waals surface area contributed by atoms with Crippen LogP contribution >= 0.6 is 0 Å². The van der Waals surface area contributed by atoms with Crippen molar-refractivity contribution in [3.05, 3.63) is 70.3 Å². The molecular weight excluding hydrogens is 414 g/mol. The molecule has 5 nitrogen and oxygen atoms in total. The fourth-order valence-corrected chi connectivity index (χ4v) is 4.85. The molecule has 1 heterocycles. The molecule has 1 aliphatic carbocycles. The molecule has 33 heavy (non-hydrogen) atoms. The molecule has 0 aromatic heterocycles. The van der Waals surface area contributed by atoms with Gasteiger partial charge in [-0.3, -0.25) is 9.59 Å². The van der Waals surface area contributed by atoms with E-state index in [-0.39, 0.29) is 17.4 Å². The van der Waals surface area contributed by atoms with Crippen LogP contribution in [-0.4, -0.2) is 34.3 Å². The van der Waals surface area contributed by atoms with Crippen LogP contribution in [-0.2, 0) is 22.4 Å². The van der Waals surface area contributed by atoms with E-state index in [2.05, 4.69) is 6.92 Å². The Hall–Kier alpha value is -3.08. The van der Waals surface area contributed by atoms with Crippen molar-refractivity contribution in [3.8, 4) is 5.75 Å². The first-order valence-electron chi connectivity index (χ1n) is 12.1. The summed E-state index contributed by atoms with van der Waals surface area (Å²) in [5.41, 5.74) is 4.05. The van der Waals surface area contributed by atoms with Crippen LogP contribution in [0.25, 0.3) is 5.76 Å². The Bertz CT molecular complexity index is 1090. The number of nitrogens with zero attached hydrogens (tertiary/aromatic N) is 1. The van der Waals surface area contributed by atoms with Gasteiger partial charge < -0.3 is 14.7 Å². The van der Waals surface area contributed by atoms with Crippen molar-refractivity contribution in [2.45, 2.75) is 71.4 Å². The topological polar surface area (TPSA) is 66.8 Å². The second-order valence-corrected chi connectivity index (χ2v) is 9.28. The molecule has 1 saturated heterocycles. The standard InChI is InChI=1S/C28H33NO4/c1-4-5-15-29-25(21-11-8-12-23(17-21)33-18(2)3)24(27(31)28(29)32)26(30)22-14-13-19-9-6-7-10-20(19)16-22/h8,11-14,16-18,25,30H,4-7,9-10,15H2,1-3H3/b26-24-. The van der Waals surface area contributed by atoms with Crippen LogP contribution in [0, 0.1) is 0 Å². The average Bonchev–Trinajstić information content (AvgIpc) is 3.06. The van der Waals surface area contributed by atoms with Crippen LogP contribution in [0.4, 0.5) is 0 Å². The Kier molecular flexibility index (Phi) is 6.87. The van der Waals surface area contributed by atoms with Gasteiger partial charge >= 0.3 is 0 Å². The van der Waals surface area contributed by atoms with E-state index in [4.69, 9.17) is 4.74 Å². The maximum atomic E-state index is 13.2. The summed E-state index contributed by atoms with van der Waals surface area (Å²) in [6, 6.07) is 12.8. The van der Waals surface area contributed by atoms with E-state index in [1.165, 1.54) is 17.5 Å². The number of aliphatic hydroxyl groups is 1. The number of amides is 1. The number of fused-ring (bicyclic) bond motifs is 1. The highest BCUT2D eigenvalue weighted by Crippen LogP contribution is 2.41. The molecule has 1 atom stereocenters. The lowest BCUT2D eigenvalue weighted by molar-refractivity contribution is -0.139. The van der Waals surface area contributed by atoms with Gasteiger partial charge in [-0.2, -0.15) is 0 Å². The van der Waals surface area contributed by atoms with Gasteiger partial charge in [-0.15, -0.1) is 0 Å². The van der Waals surface area contributed by atoms with Crippen molar-refractivity contribution in [3.63, 3.8) is 0 Å². The first-order chi connectivity index (χ1) is 15.9. The van der Waals surface area contributed by atoms with Crippen molar-refractivity contribution < 1.29 is 19.4 Å². The van der Waals surface area contributed by atoms with Crippen LogP contribution in [0.5, 0.6) is 5.75 Å². The number of hydrogen-bond acceptors (Lipinski definition) is 4. The number of likely N-dealkylation sites (tertiary alicyclic amines) is 1. The van der Waals surface area contributed by atoms with Gasteiger partial charge in [0.05, 0.1) is 17.7 Å². The number of ketones is 1. The van der Waals surface area contributed by atoms with Crippen LogP contribution in [0.1, 0.15) is 74.8 Å². The maximum absolute atomic E-state index is 13.2. The van der Waals surface area contributed by atoms with Crippen molar-refractivity contribution in [2.24, 2.45) is 0 Å². The van der Waals surface area contributed by atoms with Crippen molar-refractivity contribution in [1.29, 1.82) is 0 Å². The summed E-state index contributed by atoms with van der Waals surface area (Å²) in [7, 11) is 0. The Morgan fingerprint density at radius 3 is 2.58 bits per heavy atom. The Morgan fingerprint density at radius 2 is 1.85 bits per heavy atom. The Balaban J connectivity index is 1.82. The summed E-state index contributed by atoms with van der Waals surface area (Å²) in [4.78, 5) is 27.8. The van der Waals surface area contributed by atoms with Gasteiger partial charge in [-0.25, -0.2) is 0 Å². The molecule has 174 valence electrons. The summed E-state index contributed by atoms with van der Waals surface area (Å²) in [5, 5.41) is 11.3. The highest BCUT2D eigenvalue weighted by molar-refractivity contribution is 6.46. The first kappa shape index (κ1) is 23.1. The fourth-order valence-electron chi connectivity index (χ4n) is 4.85. The number of ether oxygens (including phenoxy) is 1. The number of benzene rings is 2. The number of unbranched alkanes of at least 4 members (excludes halogenated alkanes) is 1. The second-order valence-electron chi connectivity index (χ2n) is 9.28. The normalized spacial score (nSPS) is 19.8. The van der Waals surface area contributed by atoms with E-state index >= 15 is 0 Å². The predicted molar refractivity (Wildman–Crippen MR) is 129 cm³/mol. The van der Waals surface area contributed by atoms with E-state index < -0.39 is 17.7 Å². The summed E-state index contributed by atoms with van der Waals surface area (Å²) < 4.78 is 5.86. The van der Waals surface area contributed by atoms with Gasteiger partial charge in [0.15, 0.2) is 0 Å². The summed E-state index contributed by atoms with van der Waals surface area (Å²) in [6.45, 7) is 6.42. The van der Waals surface area contributed by atoms with E-state index in [0.29, 0.717) is 17.9 Å². The highest BCUT2D eigenvalue weighted by atomic mass is 16.5. The second kappa shape index (κ2) is 9.82. The number of aliphatic hydroxyl groups excluding tert-OH is 1. The maximum Gasteiger partial charge on any atom is 0.295 e. The molecule has 0 radical (unpaired) electrons. The zero-order chi connectivity index (χ0) is 23.5. The summed E-state index contributed by atoms with van der Waals surface area (Å²) in [5.74, 6) is -0.595. The van der Waals surface area contributed by atoms with Gasteiger partial charge in [0.1, 0.15) is 11.5 Å². The lowest BCUT2D eigenvalue weighted by atomic mass is 9.88. The van der Waals surface area contributed by atoms with Crippen LogP contribution in [0.2, 0.25) is 0 Å². The minimum atomic E-state index is -0.636. The molecule has 1 N–H and O–H groups in total. The van der Waals surface area contributed by atoms with Gasteiger partial charge in [-0.05, 0) is 80.8 Å². The zero-order valence-corrected chi connectivity index (χ0v) is 19.8. The highest BCUT2D eigenvalue weighted by Gasteiger charge is 2.45. The largest absolute Gasteiger partial charge is 0.507 e. The molecule has 4 rings (SSSR count). The molecule has 1 fully saturated rings. The number of carbonyl (C=O) groups excluding carboxylic acids is 2. The van der Waals surface area contributed by atoms with Crippen molar-refractivity contribution >= 4 is 17.4 Å². The van der Waals surface area contributed by atoms with Gasteiger partial charge in [0.25, 0.3) is 11.7 Å². The summed E-state index contributed by atoms with van der Waals surface area (Å²) >= 11 is 0. The van der Waals surface area contributed by atoms with Gasteiger partial charge in [0.2, 0.25) is 0 Å². The van der Waals surface area contributed by atoms with Crippen molar-refractivity contribution in [1.82, 2.24) is 4.90 Å². The van der Waals surface area contributed by atoms with Crippen LogP contribution < -0.4 is 4.74 Å². The van der Waals surface area contributed by atoms with E-state index in [1.807, 2.05) is 56.3 Å². The van der Waals surface area contributed by atoms with Crippen LogP contribution in [0.3, 0.4) is 0 Å². The molecule has 1 aliphatic heterocycles. The lowest BCUT2D eigenvalue weighted by Gasteiger charge is -2.26. The molecule has 0 saturated carbocycles. The predicted octanol–water partition coefficient (Wildman–Crippen LogP) is 5.57. The number of rotatable bonds is 7. The van der Waals surface area contributed by atoms with E-state index in [9.17, 15) is 14.7 Å². The molecule has 0 spiro atoms. The molecule has 2 aromatic carbocycles. The third-order valence-corrected chi connectivity index (χ3v) is 6.46. The quantitative estimate of drug-likeness (QED) is 0.342. The minimum absolute atomic E-state index is 0.00203. The average molecular weight is 448 g/mol.